The molecule has 0 amide bonds. The van der Waals surface area contributed by atoms with Crippen LogP contribution in [0.2, 0.25) is 5.02 Å². The highest BCUT2D eigenvalue weighted by Gasteiger charge is 2.05. The van der Waals surface area contributed by atoms with E-state index < -0.39 is 0 Å². The van der Waals surface area contributed by atoms with Crippen LogP contribution >= 0.6 is 11.6 Å². The van der Waals surface area contributed by atoms with Crippen molar-refractivity contribution >= 4 is 17.9 Å². The van der Waals surface area contributed by atoms with Gasteiger partial charge in [-0.3, -0.25) is 9.78 Å². The Kier molecular flexibility index (Phi) is 3.95. The number of hydrogen-bond acceptors (Lipinski definition) is 3. The van der Waals surface area contributed by atoms with Gasteiger partial charge in [-0.2, -0.15) is 0 Å². The van der Waals surface area contributed by atoms with Gasteiger partial charge in [0.25, 0.3) is 0 Å². The second-order valence-corrected chi connectivity index (χ2v) is 4.32. The predicted octanol–water partition coefficient (Wildman–Crippen LogP) is 3.43. The summed E-state index contributed by atoms with van der Waals surface area (Å²) in [5.74, 6) is 0.559. The molecule has 0 aliphatic heterocycles. The van der Waals surface area contributed by atoms with Crippen LogP contribution in [-0.4, -0.2) is 11.3 Å². The van der Waals surface area contributed by atoms with Crippen LogP contribution in [0.15, 0.2) is 36.7 Å². The molecule has 0 aliphatic rings. The number of hydrogen-bond donors (Lipinski definition) is 0. The monoisotopic (exact) mass is 261 g/mol. The third-order valence-corrected chi connectivity index (χ3v) is 2.87. The lowest BCUT2D eigenvalue weighted by molar-refractivity contribution is 0.111. The average Bonchev–Trinajstić information content (AvgIpc) is 2.39. The van der Waals surface area contributed by atoms with Crippen LogP contribution < -0.4 is 4.74 Å². The van der Waals surface area contributed by atoms with Crippen LogP contribution in [0.3, 0.4) is 0 Å². The molecule has 0 unspecified atom stereocenters. The van der Waals surface area contributed by atoms with Gasteiger partial charge in [-0.15, -0.1) is 0 Å². The Morgan fingerprint density at radius 2 is 2.22 bits per heavy atom. The van der Waals surface area contributed by atoms with E-state index in [1.54, 1.807) is 30.6 Å². The zero-order valence-electron chi connectivity index (χ0n) is 9.89. The van der Waals surface area contributed by atoms with E-state index in [0.29, 0.717) is 22.9 Å². The molecule has 1 heterocycles. The van der Waals surface area contributed by atoms with Gasteiger partial charge >= 0.3 is 0 Å². The summed E-state index contributed by atoms with van der Waals surface area (Å²) in [6.45, 7) is 2.24. The van der Waals surface area contributed by atoms with Gasteiger partial charge in [-0.1, -0.05) is 23.2 Å². The summed E-state index contributed by atoms with van der Waals surface area (Å²) < 4.78 is 5.61. The fourth-order valence-corrected chi connectivity index (χ4v) is 1.74. The molecule has 0 spiro atoms. The number of rotatable bonds is 4. The number of benzene rings is 1. The van der Waals surface area contributed by atoms with Crippen LogP contribution in [0.4, 0.5) is 0 Å². The normalized spacial score (nSPS) is 10.1. The third-order valence-electron chi connectivity index (χ3n) is 2.53. The molecule has 0 radical (unpaired) electrons. The SMILES string of the molecule is Cc1ccc(OCc2ccncc2Cl)c(C=O)c1. The lowest BCUT2D eigenvalue weighted by Gasteiger charge is -2.09. The zero-order valence-corrected chi connectivity index (χ0v) is 10.6. The van der Waals surface area contributed by atoms with E-state index in [-0.39, 0.29) is 0 Å². The first-order valence-electron chi connectivity index (χ1n) is 5.47. The third kappa shape index (κ3) is 2.87. The van der Waals surface area contributed by atoms with Crippen molar-refractivity contribution in [3.8, 4) is 5.75 Å². The molecule has 0 saturated carbocycles. The summed E-state index contributed by atoms with van der Waals surface area (Å²) in [5, 5.41) is 0.553. The molecule has 2 aromatic rings. The van der Waals surface area contributed by atoms with Crippen molar-refractivity contribution in [1.82, 2.24) is 4.98 Å². The van der Waals surface area contributed by atoms with Gasteiger partial charge in [0.05, 0.1) is 10.6 Å². The summed E-state index contributed by atoms with van der Waals surface area (Å²) >= 11 is 5.98. The molecule has 92 valence electrons. The van der Waals surface area contributed by atoms with Gasteiger partial charge in [0.2, 0.25) is 0 Å². The molecule has 1 aromatic heterocycles. The molecular weight excluding hydrogens is 250 g/mol. The molecule has 0 aliphatic carbocycles. The molecule has 18 heavy (non-hydrogen) atoms. The summed E-state index contributed by atoms with van der Waals surface area (Å²) in [5.41, 5.74) is 2.40. The minimum atomic E-state index is 0.311. The van der Waals surface area contributed by atoms with Crippen LogP contribution in [0.1, 0.15) is 21.5 Å². The molecule has 4 heteroatoms. The maximum Gasteiger partial charge on any atom is 0.153 e. The molecular formula is C14H12ClNO2. The lowest BCUT2D eigenvalue weighted by atomic mass is 10.1. The molecule has 0 fully saturated rings. The minimum absolute atomic E-state index is 0.311. The smallest absolute Gasteiger partial charge is 0.153 e. The number of aldehydes is 1. The maximum absolute atomic E-state index is 10.9. The standard InChI is InChI=1S/C14H12ClNO2/c1-10-2-3-14(12(6-10)8-17)18-9-11-4-5-16-7-13(11)15/h2-8H,9H2,1H3. The van der Waals surface area contributed by atoms with Crippen LogP contribution in [0.5, 0.6) is 5.75 Å². The van der Waals surface area contributed by atoms with E-state index in [1.807, 2.05) is 13.0 Å². The fourth-order valence-electron chi connectivity index (χ4n) is 1.57. The summed E-state index contributed by atoms with van der Waals surface area (Å²) in [6.07, 6.45) is 4.01. The van der Waals surface area contributed by atoms with E-state index >= 15 is 0 Å². The number of aryl methyl sites for hydroxylation is 1. The van der Waals surface area contributed by atoms with Crippen LogP contribution in [0.25, 0.3) is 0 Å². The number of halogens is 1. The summed E-state index contributed by atoms with van der Waals surface area (Å²) in [6, 6.07) is 7.26. The molecule has 0 N–H and O–H groups in total. The van der Waals surface area contributed by atoms with Gasteiger partial charge in [-0.05, 0) is 25.1 Å². The molecule has 3 nitrogen and oxygen atoms in total. The Labute approximate surface area is 110 Å². The highest BCUT2D eigenvalue weighted by molar-refractivity contribution is 6.31. The summed E-state index contributed by atoms with van der Waals surface area (Å²) in [7, 11) is 0. The fraction of sp³-hybridized carbons (Fsp3) is 0.143. The second-order valence-electron chi connectivity index (χ2n) is 3.91. The number of nitrogens with zero attached hydrogens (tertiary/aromatic N) is 1. The van der Waals surface area contributed by atoms with E-state index in [9.17, 15) is 4.79 Å². The van der Waals surface area contributed by atoms with Crippen LogP contribution in [-0.2, 0) is 6.61 Å². The molecule has 1 aromatic carbocycles. The van der Waals surface area contributed by atoms with Gasteiger partial charge in [0, 0.05) is 18.0 Å². The first-order chi connectivity index (χ1) is 8.70. The van der Waals surface area contributed by atoms with Crippen molar-refractivity contribution < 1.29 is 9.53 Å². The van der Waals surface area contributed by atoms with Crippen molar-refractivity contribution in [1.29, 1.82) is 0 Å². The maximum atomic E-state index is 10.9. The first kappa shape index (κ1) is 12.6. The molecule has 0 atom stereocenters. The Balaban J connectivity index is 2.16. The largest absolute Gasteiger partial charge is 0.488 e. The highest BCUT2D eigenvalue weighted by atomic mass is 35.5. The van der Waals surface area contributed by atoms with Crippen molar-refractivity contribution in [2.45, 2.75) is 13.5 Å². The highest BCUT2D eigenvalue weighted by Crippen LogP contribution is 2.21. The van der Waals surface area contributed by atoms with Gasteiger partial charge in [-0.25, -0.2) is 0 Å². The Morgan fingerprint density at radius 1 is 1.39 bits per heavy atom. The van der Waals surface area contributed by atoms with Crippen molar-refractivity contribution in [2.75, 3.05) is 0 Å². The second kappa shape index (κ2) is 5.65. The van der Waals surface area contributed by atoms with Gasteiger partial charge in [0.1, 0.15) is 12.4 Å². The topological polar surface area (TPSA) is 39.2 Å². The van der Waals surface area contributed by atoms with Crippen LogP contribution in [0, 0.1) is 6.92 Å². The Morgan fingerprint density at radius 3 is 2.94 bits per heavy atom. The van der Waals surface area contributed by atoms with E-state index in [2.05, 4.69) is 4.98 Å². The number of ether oxygens (including phenoxy) is 1. The Bertz CT molecular complexity index is 569. The van der Waals surface area contributed by atoms with Crippen molar-refractivity contribution in [2.24, 2.45) is 0 Å². The number of pyridine rings is 1. The van der Waals surface area contributed by atoms with E-state index in [1.165, 1.54) is 0 Å². The Hall–Kier alpha value is -1.87. The van der Waals surface area contributed by atoms with E-state index in [0.717, 1.165) is 17.4 Å². The molecule has 0 saturated heterocycles. The predicted molar refractivity (Wildman–Crippen MR) is 70.1 cm³/mol. The number of carbonyl (C=O) groups excluding carboxylic acids is 1. The number of carbonyl (C=O) groups is 1. The lowest BCUT2D eigenvalue weighted by Crippen LogP contribution is -1.99. The average molecular weight is 262 g/mol. The number of aromatic nitrogens is 1. The van der Waals surface area contributed by atoms with Crippen molar-refractivity contribution in [3.63, 3.8) is 0 Å². The minimum Gasteiger partial charge on any atom is -0.488 e. The van der Waals surface area contributed by atoms with Crippen molar-refractivity contribution in [3.05, 3.63) is 58.4 Å². The van der Waals surface area contributed by atoms with E-state index in [4.69, 9.17) is 16.3 Å². The van der Waals surface area contributed by atoms with Gasteiger partial charge in [0.15, 0.2) is 6.29 Å². The summed E-state index contributed by atoms with van der Waals surface area (Å²) in [4.78, 5) is 14.8. The zero-order chi connectivity index (χ0) is 13.0. The molecule has 0 bridgehead atoms. The molecule has 2 rings (SSSR count). The first-order valence-corrected chi connectivity index (χ1v) is 5.85. The quantitative estimate of drug-likeness (QED) is 0.792. The van der Waals surface area contributed by atoms with Gasteiger partial charge < -0.3 is 4.74 Å².